The number of piperidine rings is 1. The molecule has 1 aromatic rings. The van der Waals surface area contributed by atoms with Gasteiger partial charge in [-0.05, 0) is 38.1 Å². The van der Waals surface area contributed by atoms with Crippen LogP contribution in [0.3, 0.4) is 0 Å². The summed E-state index contributed by atoms with van der Waals surface area (Å²) in [6.45, 7) is 1.57. The Balaban J connectivity index is 2.13. The Morgan fingerprint density at radius 3 is 2.47 bits per heavy atom. The lowest BCUT2D eigenvalue weighted by molar-refractivity contribution is -0.275. The van der Waals surface area contributed by atoms with Crippen molar-refractivity contribution in [1.82, 2.24) is 5.32 Å². The molecule has 0 aliphatic carbocycles. The molecular formula is C12H13ClF3NO2. The summed E-state index contributed by atoms with van der Waals surface area (Å²) in [5, 5.41) is 3.31. The molecule has 1 aromatic carbocycles. The number of alkyl halides is 3. The minimum atomic E-state index is -4.77. The Hall–Kier alpha value is -1.14. The van der Waals surface area contributed by atoms with E-state index in [1.54, 1.807) is 0 Å². The lowest BCUT2D eigenvalue weighted by atomic mass is 10.1. The van der Waals surface area contributed by atoms with Gasteiger partial charge in [-0.15, -0.1) is 13.2 Å². The van der Waals surface area contributed by atoms with Crippen molar-refractivity contribution in [3.8, 4) is 11.5 Å². The Bertz CT molecular complexity index is 433. The summed E-state index contributed by atoms with van der Waals surface area (Å²) < 4.78 is 46.4. The molecular weight excluding hydrogens is 283 g/mol. The third-order valence-corrected chi connectivity index (χ3v) is 2.95. The molecule has 0 unspecified atom stereocenters. The third-order valence-electron chi connectivity index (χ3n) is 2.71. The molecule has 0 aromatic heterocycles. The third kappa shape index (κ3) is 4.47. The number of benzene rings is 1. The molecule has 106 valence electrons. The van der Waals surface area contributed by atoms with Crippen molar-refractivity contribution >= 4 is 11.6 Å². The van der Waals surface area contributed by atoms with Gasteiger partial charge in [0.25, 0.3) is 0 Å². The van der Waals surface area contributed by atoms with Crippen LogP contribution in [0.5, 0.6) is 11.5 Å². The van der Waals surface area contributed by atoms with Crippen molar-refractivity contribution in [1.29, 1.82) is 0 Å². The second-order valence-electron chi connectivity index (χ2n) is 4.21. The van der Waals surface area contributed by atoms with E-state index in [0.29, 0.717) is 0 Å². The summed E-state index contributed by atoms with van der Waals surface area (Å²) in [6.07, 6.45) is -3.39. The van der Waals surface area contributed by atoms with Gasteiger partial charge in [-0.3, -0.25) is 0 Å². The van der Waals surface area contributed by atoms with Crippen LogP contribution in [0, 0.1) is 0 Å². The number of nitrogens with one attached hydrogen (secondary N) is 1. The highest BCUT2D eigenvalue weighted by atomic mass is 35.5. The highest BCUT2D eigenvalue weighted by Crippen LogP contribution is 2.35. The highest BCUT2D eigenvalue weighted by molar-refractivity contribution is 6.30. The van der Waals surface area contributed by atoms with E-state index in [9.17, 15) is 13.2 Å². The van der Waals surface area contributed by atoms with E-state index < -0.39 is 12.1 Å². The first-order chi connectivity index (χ1) is 8.94. The summed E-state index contributed by atoms with van der Waals surface area (Å²) in [7, 11) is 0. The van der Waals surface area contributed by atoms with E-state index in [0.717, 1.165) is 32.0 Å². The molecule has 2 rings (SSSR count). The monoisotopic (exact) mass is 295 g/mol. The number of ether oxygens (including phenoxy) is 2. The van der Waals surface area contributed by atoms with E-state index in [2.05, 4.69) is 10.1 Å². The number of rotatable bonds is 3. The number of hydrogen-bond donors (Lipinski definition) is 1. The van der Waals surface area contributed by atoms with Gasteiger partial charge in [0.15, 0.2) is 11.5 Å². The summed E-state index contributed by atoms with van der Waals surface area (Å²) >= 11 is 5.68. The van der Waals surface area contributed by atoms with Gasteiger partial charge in [-0.25, -0.2) is 0 Å². The standard InChI is InChI=1S/C12H13ClF3NO2/c13-8-1-2-10(11(7-8)19-12(14,15)16)18-9-3-5-17-6-4-9/h1-2,7,9,17H,3-6H2. The zero-order valence-corrected chi connectivity index (χ0v) is 10.7. The molecule has 1 N–H and O–H groups in total. The van der Waals surface area contributed by atoms with Crippen LogP contribution in [-0.4, -0.2) is 25.6 Å². The summed E-state index contributed by atoms with van der Waals surface area (Å²) in [6, 6.07) is 3.97. The van der Waals surface area contributed by atoms with E-state index >= 15 is 0 Å². The van der Waals surface area contributed by atoms with E-state index in [1.165, 1.54) is 12.1 Å². The Kier molecular flexibility index (Phi) is 4.42. The van der Waals surface area contributed by atoms with Crippen LogP contribution in [0.2, 0.25) is 5.02 Å². The average molecular weight is 296 g/mol. The van der Waals surface area contributed by atoms with E-state index in [-0.39, 0.29) is 16.9 Å². The lowest BCUT2D eigenvalue weighted by Crippen LogP contribution is -2.34. The second-order valence-corrected chi connectivity index (χ2v) is 4.64. The largest absolute Gasteiger partial charge is 0.573 e. The predicted molar refractivity (Wildman–Crippen MR) is 64.7 cm³/mol. The maximum absolute atomic E-state index is 12.3. The van der Waals surface area contributed by atoms with Crippen LogP contribution < -0.4 is 14.8 Å². The van der Waals surface area contributed by atoms with Crippen LogP contribution in [0.25, 0.3) is 0 Å². The molecule has 1 aliphatic rings. The molecule has 0 bridgehead atoms. The fourth-order valence-corrected chi connectivity index (χ4v) is 2.04. The number of hydrogen-bond acceptors (Lipinski definition) is 3. The number of halogens is 4. The molecule has 0 saturated carbocycles. The van der Waals surface area contributed by atoms with Crippen molar-refractivity contribution in [2.24, 2.45) is 0 Å². The molecule has 3 nitrogen and oxygen atoms in total. The van der Waals surface area contributed by atoms with Crippen LogP contribution >= 0.6 is 11.6 Å². The topological polar surface area (TPSA) is 30.5 Å². The van der Waals surface area contributed by atoms with Crippen LogP contribution in [0.1, 0.15) is 12.8 Å². The molecule has 1 aliphatic heterocycles. The molecule has 0 radical (unpaired) electrons. The Morgan fingerprint density at radius 2 is 1.84 bits per heavy atom. The quantitative estimate of drug-likeness (QED) is 0.927. The summed E-state index contributed by atoms with van der Waals surface area (Å²) in [5.74, 6) is -0.341. The Morgan fingerprint density at radius 1 is 1.16 bits per heavy atom. The molecule has 0 atom stereocenters. The van der Waals surface area contributed by atoms with Crippen molar-refractivity contribution in [2.75, 3.05) is 13.1 Å². The van der Waals surface area contributed by atoms with Gasteiger partial charge in [0.1, 0.15) is 6.10 Å². The van der Waals surface area contributed by atoms with Gasteiger partial charge in [0, 0.05) is 11.1 Å². The molecule has 19 heavy (non-hydrogen) atoms. The van der Waals surface area contributed by atoms with Crippen molar-refractivity contribution in [3.63, 3.8) is 0 Å². The maximum Gasteiger partial charge on any atom is 0.573 e. The van der Waals surface area contributed by atoms with E-state index in [4.69, 9.17) is 16.3 Å². The van der Waals surface area contributed by atoms with Crippen molar-refractivity contribution < 1.29 is 22.6 Å². The molecule has 7 heteroatoms. The molecule has 1 saturated heterocycles. The molecule has 1 fully saturated rings. The van der Waals surface area contributed by atoms with Gasteiger partial charge >= 0.3 is 6.36 Å². The summed E-state index contributed by atoms with van der Waals surface area (Å²) in [5.41, 5.74) is 0. The summed E-state index contributed by atoms with van der Waals surface area (Å²) in [4.78, 5) is 0. The molecule has 0 amide bonds. The minimum Gasteiger partial charge on any atom is -0.486 e. The smallest absolute Gasteiger partial charge is 0.486 e. The Labute approximate surface area is 113 Å². The van der Waals surface area contributed by atoms with Gasteiger partial charge in [-0.2, -0.15) is 0 Å². The fourth-order valence-electron chi connectivity index (χ4n) is 1.88. The first kappa shape index (κ1) is 14.3. The van der Waals surface area contributed by atoms with Crippen LogP contribution in [0.15, 0.2) is 18.2 Å². The van der Waals surface area contributed by atoms with Gasteiger partial charge in [0.2, 0.25) is 0 Å². The van der Waals surface area contributed by atoms with Crippen LogP contribution in [0.4, 0.5) is 13.2 Å². The van der Waals surface area contributed by atoms with Gasteiger partial charge in [0.05, 0.1) is 0 Å². The minimum absolute atomic E-state index is 0.0635. The molecule has 1 heterocycles. The fraction of sp³-hybridized carbons (Fsp3) is 0.500. The first-order valence-electron chi connectivity index (χ1n) is 5.87. The second kappa shape index (κ2) is 5.88. The zero-order valence-electron chi connectivity index (χ0n) is 9.97. The first-order valence-corrected chi connectivity index (χ1v) is 6.24. The van der Waals surface area contributed by atoms with Crippen LogP contribution in [-0.2, 0) is 0 Å². The van der Waals surface area contributed by atoms with Crippen molar-refractivity contribution in [2.45, 2.75) is 25.3 Å². The molecule has 0 spiro atoms. The highest BCUT2D eigenvalue weighted by Gasteiger charge is 2.33. The van der Waals surface area contributed by atoms with Crippen molar-refractivity contribution in [3.05, 3.63) is 23.2 Å². The SMILES string of the molecule is FC(F)(F)Oc1cc(Cl)ccc1OC1CCNCC1. The lowest BCUT2D eigenvalue weighted by Gasteiger charge is -2.25. The zero-order chi connectivity index (χ0) is 13.9. The van der Waals surface area contributed by atoms with Gasteiger partial charge < -0.3 is 14.8 Å². The normalized spacial score (nSPS) is 17.3. The predicted octanol–water partition coefficient (Wildman–Crippen LogP) is 3.37. The maximum atomic E-state index is 12.3. The van der Waals surface area contributed by atoms with E-state index in [1.807, 2.05) is 0 Å². The average Bonchev–Trinajstić information content (AvgIpc) is 2.32. The van der Waals surface area contributed by atoms with Gasteiger partial charge in [-0.1, -0.05) is 11.6 Å².